The van der Waals surface area contributed by atoms with Gasteiger partial charge in [-0.3, -0.25) is 9.69 Å². The highest BCUT2D eigenvalue weighted by Crippen LogP contribution is 2.33. The van der Waals surface area contributed by atoms with E-state index in [1.807, 2.05) is 44.2 Å². The van der Waals surface area contributed by atoms with Gasteiger partial charge in [-0.05, 0) is 60.8 Å². The first kappa shape index (κ1) is 34.1. The second-order valence-corrected chi connectivity index (χ2v) is 12.4. The molecule has 0 saturated carbocycles. The van der Waals surface area contributed by atoms with Crippen molar-refractivity contribution in [3.63, 3.8) is 0 Å². The number of anilines is 1. The average molecular weight is 640 g/mol. The summed E-state index contributed by atoms with van der Waals surface area (Å²) >= 11 is 0. The first-order chi connectivity index (χ1) is 22.8. The van der Waals surface area contributed by atoms with Crippen LogP contribution in [0.5, 0.6) is 5.75 Å². The SMILES string of the molecule is CC1(C)OCc2cc([C@@H](O)CN(CCCCCCOCCC#Cc3cccc(N4C(=O)CNC4=O)c3)Cc3ccccc3)ccc2O1. The number of hydrogen-bond acceptors (Lipinski definition) is 7. The quantitative estimate of drug-likeness (QED) is 0.121. The third-order valence-corrected chi connectivity index (χ3v) is 8.15. The van der Waals surface area contributed by atoms with Gasteiger partial charge in [-0.2, -0.15) is 0 Å². The van der Waals surface area contributed by atoms with Crippen molar-refractivity contribution < 1.29 is 28.9 Å². The van der Waals surface area contributed by atoms with Crippen molar-refractivity contribution in [2.24, 2.45) is 0 Å². The number of urea groups is 1. The van der Waals surface area contributed by atoms with Crippen molar-refractivity contribution in [2.45, 2.75) is 71.0 Å². The van der Waals surface area contributed by atoms with Crippen molar-refractivity contribution in [3.05, 3.63) is 95.1 Å². The Balaban J connectivity index is 1.00. The van der Waals surface area contributed by atoms with Crippen molar-refractivity contribution in [2.75, 3.05) is 37.7 Å². The fourth-order valence-corrected chi connectivity index (χ4v) is 5.68. The number of amides is 3. The third kappa shape index (κ3) is 10.1. The number of rotatable bonds is 15. The number of fused-ring (bicyclic) bond motifs is 1. The Morgan fingerprint density at radius 1 is 1.00 bits per heavy atom. The largest absolute Gasteiger partial charge is 0.463 e. The van der Waals surface area contributed by atoms with Crippen LogP contribution in [0.2, 0.25) is 0 Å². The van der Waals surface area contributed by atoms with E-state index in [-0.39, 0.29) is 12.5 Å². The van der Waals surface area contributed by atoms with Gasteiger partial charge in [-0.15, -0.1) is 0 Å². The van der Waals surface area contributed by atoms with Crippen molar-refractivity contribution in [1.82, 2.24) is 10.2 Å². The van der Waals surface area contributed by atoms with Gasteiger partial charge in [0.2, 0.25) is 5.79 Å². The molecule has 2 aliphatic rings. The number of imide groups is 1. The van der Waals surface area contributed by atoms with Gasteiger partial charge in [0.1, 0.15) is 5.75 Å². The summed E-state index contributed by atoms with van der Waals surface area (Å²) in [6.07, 6.45) is 4.17. The number of nitrogens with one attached hydrogen (secondary N) is 1. The number of ether oxygens (including phenoxy) is 3. The lowest BCUT2D eigenvalue weighted by Crippen LogP contribution is -2.35. The van der Waals surface area contributed by atoms with Crippen LogP contribution in [0.3, 0.4) is 0 Å². The minimum Gasteiger partial charge on any atom is -0.463 e. The number of unbranched alkanes of at least 4 members (excludes halogenated alkanes) is 3. The van der Waals surface area contributed by atoms with Crippen LogP contribution >= 0.6 is 0 Å². The lowest BCUT2D eigenvalue weighted by atomic mass is 10.0. The van der Waals surface area contributed by atoms with Gasteiger partial charge in [-0.1, -0.05) is 67.1 Å². The van der Waals surface area contributed by atoms with Gasteiger partial charge in [0.15, 0.2) is 0 Å². The molecule has 2 heterocycles. The standard InChI is InChI=1S/C38H45N3O6/c1-38(2)46-28-32-24-31(18-19-35(32)47-38)34(42)27-40(26-30-14-6-5-7-15-30)20-9-3-4-10-21-45-22-11-8-13-29-16-12-17-33(23-29)41-36(43)25-39-37(41)44/h5-7,12,14-19,23-24,34,42H,3-4,9-11,20-22,25-28H2,1-2H3,(H,39,44)/t34-/m0/s1. The third-order valence-electron chi connectivity index (χ3n) is 8.15. The molecule has 0 radical (unpaired) electrons. The summed E-state index contributed by atoms with van der Waals surface area (Å²) < 4.78 is 17.5. The zero-order valence-corrected chi connectivity index (χ0v) is 27.4. The molecule has 0 bridgehead atoms. The summed E-state index contributed by atoms with van der Waals surface area (Å²) in [5, 5.41) is 13.7. The number of carbonyl (C=O) groups is 2. The van der Waals surface area contributed by atoms with E-state index in [1.54, 1.807) is 18.2 Å². The van der Waals surface area contributed by atoms with E-state index in [0.29, 0.717) is 38.5 Å². The highest BCUT2D eigenvalue weighted by Gasteiger charge is 2.30. The molecule has 0 aromatic heterocycles. The molecule has 47 heavy (non-hydrogen) atoms. The fourth-order valence-electron chi connectivity index (χ4n) is 5.68. The zero-order valence-electron chi connectivity index (χ0n) is 27.4. The van der Waals surface area contributed by atoms with Gasteiger partial charge in [0.05, 0.1) is 31.5 Å². The molecule has 1 atom stereocenters. The first-order valence-corrected chi connectivity index (χ1v) is 16.4. The van der Waals surface area contributed by atoms with E-state index >= 15 is 0 Å². The highest BCUT2D eigenvalue weighted by atomic mass is 16.7. The molecule has 9 nitrogen and oxygen atoms in total. The van der Waals surface area contributed by atoms with Gasteiger partial charge in [0.25, 0.3) is 5.91 Å². The number of nitrogens with zero attached hydrogens (tertiary/aromatic N) is 2. The molecule has 2 aliphatic heterocycles. The van der Waals surface area contributed by atoms with Crippen LogP contribution in [-0.4, -0.2) is 60.6 Å². The van der Waals surface area contributed by atoms with Crippen LogP contribution in [0.4, 0.5) is 10.5 Å². The van der Waals surface area contributed by atoms with E-state index < -0.39 is 17.9 Å². The Morgan fingerprint density at radius 3 is 2.64 bits per heavy atom. The second kappa shape index (κ2) is 16.6. The van der Waals surface area contributed by atoms with Crippen LogP contribution < -0.4 is 15.0 Å². The number of aliphatic hydroxyl groups excluding tert-OH is 1. The molecule has 1 saturated heterocycles. The van der Waals surface area contributed by atoms with Gasteiger partial charge in [0, 0.05) is 51.1 Å². The Morgan fingerprint density at radius 2 is 1.83 bits per heavy atom. The number of benzene rings is 3. The van der Waals surface area contributed by atoms with Crippen LogP contribution in [0.1, 0.15) is 74.3 Å². The predicted molar refractivity (Wildman–Crippen MR) is 181 cm³/mol. The lowest BCUT2D eigenvalue weighted by Gasteiger charge is -2.33. The second-order valence-electron chi connectivity index (χ2n) is 12.4. The van der Waals surface area contributed by atoms with Crippen molar-refractivity contribution in [1.29, 1.82) is 0 Å². The van der Waals surface area contributed by atoms with Crippen LogP contribution in [-0.2, 0) is 27.4 Å². The van der Waals surface area contributed by atoms with E-state index in [1.165, 1.54) is 5.56 Å². The molecule has 3 amide bonds. The number of aliphatic hydroxyl groups is 1. The Bertz CT molecular complexity index is 1550. The Hall–Kier alpha value is -4.20. The molecular formula is C38H45N3O6. The lowest BCUT2D eigenvalue weighted by molar-refractivity contribution is -0.180. The van der Waals surface area contributed by atoms with Gasteiger partial charge < -0.3 is 24.6 Å². The minimum atomic E-state index is -0.643. The van der Waals surface area contributed by atoms with Crippen LogP contribution in [0.25, 0.3) is 0 Å². The summed E-state index contributed by atoms with van der Waals surface area (Å²) in [5.41, 5.74) is 4.34. The normalized spacial score (nSPS) is 15.9. The maximum Gasteiger partial charge on any atom is 0.329 e. The maximum absolute atomic E-state index is 11.9. The summed E-state index contributed by atoms with van der Waals surface area (Å²) in [4.78, 5) is 27.3. The molecule has 9 heteroatoms. The van der Waals surface area contributed by atoms with Crippen molar-refractivity contribution >= 4 is 17.6 Å². The molecular weight excluding hydrogens is 594 g/mol. The topological polar surface area (TPSA) is 101 Å². The Labute approximate surface area is 277 Å². The molecule has 5 rings (SSSR count). The van der Waals surface area contributed by atoms with Crippen molar-refractivity contribution in [3.8, 4) is 17.6 Å². The summed E-state index contributed by atoms with van der Waals surface area (Å²) in [6, 6.07) is 23.0. The van der Waals surface area contributed by atoms with E-state index in [4.69, 9.17) is 14.2 Å². The summed E-state index contributed by atoms with van der Waals surface area (Å²) in [7, 11) is 0. The van der Waals surface area contributed by atoms with Crippen LogP contribution in [0, 0.1) is 11.8 Å². The van der Waals surface area contributed by atoms with Gasteiger partial charge >= 0.3 is 6.03 Å². The summed E-state index contributed by atoms with van der Waals surface area (Å²) in [5.74, 6) is 6.10. The maximum atomic E-state index is 11.9. The average Bonchev–Trinajstić information content (AvgIpc) is 3.40. The molecule has 1 fully saturated rings. The molecule has 0 spiro atoms. The molecule has 3 aromatic rings. The molecule has 0 aliphatic carbocycles. The number of hydrogen-bond donors (Lipinski definition) is 2. The smallest absolute Gasteiger partial charge is 0.329 e. The number of carbonyl (C=O) groups excluding carboxylic acids is 2. The monoisotopic (exact) mass is 639 g/mol. The highest BCUT2D eigenvalue weighted by molar-refractivity contribution is 6.19. The van der Waals surface area contributed by atoms with E-state index in [0.717, 1.165) is 66.1 Å². The molecule has 248 valence electrons. The molecule has 3 aromatic carbocycles. The minimum absolute atomic E-state index is 0.0193. The predicted octanol–water partition coefficient (Wildman–Crippen LogP) is 5.94. The zero-order chi connectivity index (χ0) is 33.1. The summed E-state index contributed by atoms with van der Waals surface area (Å²) in [6.45, 7) is 7.76. The molecule has 0 unspecified atom stereocenters. The first-order valence-electron chi connectivity index (χ1n) is 16.4. The van der Waals surface area contributed by atoms with E-state index in [9.17, 15) is 14.7 Å². The fraction of sp³-hybridized carbons (Fsp3) is 0.421. The van der Waals surface area contributed by atoms with E-state index in [2.05, 4.69) is 46.3 Å². The van der Waals surface area contributed by atoms with Crippen LogP contribution in [0.15, 0.2) is 72.8 Å². The molecule has 2 N–H and O–H groups in total. The Kier molecular flexibility index (Phi) is 12.0. The van der Waals surface area contributed by atoms with Gasteiger partial charge in [-0.25, -0.2) is 9.69 Å².